The van der Waals surface area contributed by atoms with Gasteiger partial charge in [-0.05, 0) is 44.0 Å². The average molecular weight is 362 g/mol. The summed E-state index contributed by atoms with van der Waals surface area (Å²) >= 11 is 0. The van der Waals surface area contributed by atoms with E-state index >= 15 is 0 Å². The molecule has 1 aliphatic heterocycles. The molecule has 4 rings (SSSR count). The zero-order valence-corrected chi connectivity index (χ0v) is 15.3. The highest BCUT2D eigenvalue weighted by atomic mass is 16.5. The van der Waals surface area contributed by atoms with Crippen LogP contribution in [0.15, 0.2) is 53.1 Å². The molecule has 1 amide bonds. The molecular formula is C21H22N4O2. The number of hydrogen-bond acceptors (Lipinski definition) is 5. The zero-order valence-electron chi connectivity index (χ0n) is 15.3. The predicted octanol–water partition coefficient (Wildman–Crippen LogP) is 3.89. The largest absolute Gasteiger partial charge is 0.376 e. The smallest absolute Gasteiger partial charge is 0.253 e. The van der Waals surface area contributed by atoms with E-state index in [0.717, 1.165) is 42.7 Å². The maximum absolute atomic E-state index is 12.4. The van der Waals surface area contributed by atoms with Gasteiger partial charge in [-0.2, -0.15) is 4.98 Å². The maximum atomic E-state index is 12.4. The lowest BCUT2D eigenvalue weighted by Crippen LogP contribution is -2.27. The second-order valence-electron chi connectivity index (χ2n) is 6.81. The molecule has 0 aliphatic carbocycles. The quantitative estimate of drug-likeness (QED) is 0.745. The van der Waals surface area contributed by atoms with Gasteiger partial charge in [0, 0.05) is 29.9 Å². The first-order valence-electron chi connectivity index (χ1n) is 9.22. The summed E-state index contributed by atoms with van der Waals surface area (Å²) in [7, 11) is 0. The van der Waals surface area contributed by atoms with Gasteiger partial charge in [0.25, 0.3) is 5.91 Å². The van der Waals surface area contributed by atoms with Crippen molar-refractivity contribution in [2.75, 3.05) is 18.4 Å². The van der Waals surface area contributed by atoms with Crippen LogP contribution in [-0.4, -0.2) is 34.0 Å². The molecule has 1 fully saturated rings. The summed E-state index contributed by atoms with van der Waals surface area (Å²) < 4.78 is 5.32. The summed E-state index contributed by atoms with van der Waals surface area (Å²) in [5.41, 5.74) is 3.75. The third-order valence-electron chi connectivity index (χ3n) is 4.75. The van der Waals surface area contributed by atoms with Crippen LogP contribution < -0.4 is 5.32 Å². The molecule has 3 aromatic rings. The Hall–Kier alpha value is -3.15. The number of anilines is 1. The number of aryl methyl sites for hydroxylation is 1. The van der Waals surface area contributed by atoms with Gasteiger partial charge in [-0.3, -0.25) is 4.79 Å². The monoisotopic (exact) mass is 362 g/mol. The van der Waals surface area contributed by atoms with E-state index < -0.39 is 0 Å². The lowest BCUT2D eigenvalue weighted by Gasteiger charge is -2.15. The fraction of sp³-hybridized carbons (Fsp3) is 0.286. The number of benzene rings is 2. The van der Waals surface area contributed by atoms with Crippen LogP contribution >= 0.6 is 0 Å². The fourth-order valence-electron chi connectivity index (χ4n) is 3.16. The third kappa shape index (κ3) is 4.00. The highest BCUT2D eigenvalue weighted by Crippen LogP contribution is 2.18. The molecule has 1 saturated heterocycles. The molecule has 0 bridgehead atoms. The standard InChI is InChI=1S/C21H22N4O2/c1-15-4-6-16(7-5-15)20-23-19(27-24-20)14-22-18-10-8-17(9-11-18)21(26)25-12-2-3-13-25/h4-11,22H,2-3,12-14H2,1H3. The van der Waals surface area contributed by atoms with Gasteiger partial charge >= 0.3 is 0 Å². The number of rotatable bonds is 5. The van der Waals surface area contributed by atoms with Gasteiger partial charge in [0.15, 0.2) is 0 Å². The third-order valence-corrected chi connectivity index (χ3v) is 4.75. The number of carbonyl (C=O) groups excluding carboxylic acids is 1. The molecule has 0 radical (unpaired) electrons. The molecule has 0 atom stereocenters. The Morgan fingerprint density at radius 1 is 1.07 bits per heavy atom. The van der Waals surface area contributed by atoms with Crippen LogP contribution in [0.25, 0.3) is 11.4 Å². The van der Waals surface area contributed by atoms with Gasteiger partial charge in [-0.25, -0.2) is 0 Å². The Kier molecular flexibility index (Phi) is 4.87. The summed E-state index contributed by atoms with van der Waals surface area (Å²) in [6.45, 7) is 4.19. The first kappa shape index (κ1) is 17.3. The number of nitrogens with one attached hydrogen (secondary N) is 1. The molecule has 2 aromatic carbocycles. The SMILES string of the molecule is Cc1ccc(-c2noc(CNc3ccc(C(=O)N4CCCC4)cc3)n2)cc1. The van der Waals surface area contributed by atoms with Crippen molar-refractivity contribution in [3.05, 3.63) is 65.5 Å². The van der Waals surface area contributed by atoms with Crippen LogP contribution in [-0.2, 0) is 6.54 Å². The van der Waals surface area contributed by atoms with Crippen molar-refractivity contribution in [3.63, 3.8) is 0 Å². The predicted molar refractivity (Wildman–Crippen MR) is 103 cm³/mol. The van der Waals surface area contributed by atoms with Crippen molar-refractivity contribution in [1.29, 1.82) is 0 Å². The average Bonchev–Trinajstić information content (AvgIpc) is 3.39. The molecule has 6 heteroatoms. The van der Waals surface area contributed by atoms with Crippen LogP contribution in [0, 0.1) is 6.92 Å². The Morgan fingerprint density at radius 3 is 2.48 bits per heavy atom. The zero-order chi connectivity index (χ0) is 18.6. The molecule has 0 saturated carbocycles. The highest BCUT2D eigenvalue weighted by molar-refractivity contribution is 5.94. The second kappa shape index (κ2) is 7.61. The molecular weight excluding hydrogens is 340 g/mol. The van der Waals surface area contributed by atoms with E-state index in [0.29, 0.717) is 18.3 Å². The van der Waals surface area contributed by atoms with Crippen molar-refractivity contribution in [3.8, 4) is 11.4 Å². The van der Waals surface area contributed by atoms with Crippen molar-refractivity contribution >= 4 is 11.6 Å². The molecule has 1 N–H and O–H groups in total. The molecule has 1 aliphatic rings. The Balaban J connectivity index is 1.36. The summed E-state index contributed by atoms with van der Waals surface area (Å²) in [6.07, 6.45) is 2.19. The van der Waals surface area contributed by atoms with Gasteiger partial charge in [-0.1, -0.05) is 35.0 Å². The van der Waals surface area contributed by atoms with Crippen molar-refractivity contribution in [1.82, 2.24) is 15.0 Å². The number of nitrogens with zero attached hydrogens (tertiary/aromatic N) is 3. The number of aromatic nitrogens is 2. The lowest BCUT2D eigenvalue weighted by atomic mass is 10.1. The topological polar surface area (TPSA) is 71.3 Å². The van der Waals surface area contributed by atoms with Crippen molar-refractivity contribution in [2.24, 2.45) is 0 Å². The van der Waals surface area contributed by atoms with E-state index in [1.165, 1.54) is 5.56 Å². The summed E-state index contributed by atoms with van der Waals surface area (Å²) in [4.78, 5) is 18.7. The Labute approximate surface area is 158 Å². The lowest BCUT2D eigenvalue weighted by molar-refractivity contribution is 0.0793. The number of likely N-dealkylation sites (tertiary alicyclic amines) is 1. The van der Waals surface area contributed by atoms with E-state index in [1.807, 2.05) is 60.4 Å². The maximum Gasteiger partial charge on any atom is 0.253 e. The van der Waals surface area contributed by atoms with Crippen molar-refractivity contribution in [2.45, 2.75) is 26.3 Å². The van der Waals surface area contributed by atoms with E-state index in [1.54, 1.807) is 0 Å². The number of hydrogen-bond donors (Lipinski definition) is 1. The number of amides is 1. The molecule has 0 spiro atoms. The minimum Gasteiger partial charge on any atom is -0.376 e. The summed E-state index contributed by atoms with van der Waals surface area (Å²) in [5, 5.41) is 7.28. The molecule has 0 unspecified atom stereocenters. The van der Waals surface area contributed by atoms with E-state index in [4.69, 9.17) is 4.52 Å². The molecule has 27 heavy (non-hydrogen) atoms. The van der Waals surface area contributed by atoms with Gasteiger partial charge < -0.3 is 14.7 Å². The van der Waals surface area contributed by atoms with E-state index in [9.17, 15) is 4.79 Å². The molecule has 1 aromatic heterocycles. The van der Waals surface area contributed by atoms with Crippen LogP contribution in [0.3, 0.4) is 0 Å². The Bertz CT molecular complexity index is 910. The highest BCUT2D eigenvalue weighted by Gasteiger charge is 2.19. The van der Waals surface area contributed by atoms with Crippen LogP contribution in [0.4, 0.5) is 5.69 Å². The van der Waals surface area contributed by atoms with Crippen molar-refractivity contribution < 1.29 is 9.32 Å². The Morgan fingerprint density at radius 2 is 1.78 bits per heavy atom. The number of carbonyl (C=O) groups is 1. The second-order valence-corrected chi connectivity index (χ2v) is 6.81. The van der Waals surface area contributed by atoms with Crippen LogP contribution in [0.5, 0.6) is 0 Å². The molecule has 138 valence electrons. The summed E-state index contributed by atoms with van der Waals surface area (Å²) in [5.74, 6) is 1.21. The van der Waals surface area contributed by atoms with Gasteiger partial charge in [0.2, 0.25) is 11.7 Å². The molecule has 6 nitrogen and oxygen atoms in total. The molecule has 2 heterocycles. The van der Waals surface area contributed by atoms with Gasteiger partial charge in [-0.15, -0.1) is 0 Å². The minimum absolute atomic E-state index is 0.110. The van der Waals surface area contributed by atoms with E-state index in [2.05, 4.69) is 15.5 Å². The van der Waals surface area contributed by atoms with Crippen LogP contribution in [0.1, 0.15) is 34.7 Å². The van der Waals surface area contributed by atoms with E-state index in [-0.39, 0.29) is 5.91 Å². The van der Waals surface area contributed by atoms with Gasteiger partial charge in [0.05, 0.1) is 6.54 Å². The van der Waals surface area contributed by atoms with Crippen LogP contribution in [0.2, 0.25) is 0 Å². The first-order chi connectivity index (χ1) is 13.2. The van der Waals surface area contributed by atoms with Gasteiger partial charge in [0.1, 0.15) is 0 Å². The minimum atomic E-state index is 0.110. The summed E-state index contributed by atoms with van der Waals surface area (Å²) in [6, 6.07) is 15.5. The fourth-order valence-corrected chi connectivity index (χ4v) is 3.16. The first-order valence-corrected chi connectivity index (χ1v) is 9.22. The normalized spacial score (nSPS) is 13.7.